The first-order valence-electron chi connectivity index (χ1n) is 9.38. The van der Waals surface area contributed by atoms with Gasteiger partial charge < -0.3 is 4.57 Å². The number of ketones is 1. The van der Waals surface area contributed by atoms with E-state index in [4.69, 9.17) is 0 Å². The predicted molar refractivity (Wildman–Crippen MR) is 112 cm³/mol. The van der Waals surface area contributed by atoms with E-state index in [2.05, 4.69) is 4.98 Å². The molecule has 0 unspecified atom stereocenters. The fraction of sp³-hybridized carbons (Fsp3) is 0.136. The van der Waals surface area contributed by atoms with Gasteiger partial charge in [0.15, 0.2) is 5.78 Å². The summed E-state index contributed by atoms with van der Waals surface area (Å²) in [5.41, 5.74) is 1.88. The number of aromatic nitrogens is 3. The Hall–Kier alpha value is -4.14. The third kappa shape index (κ3) is 3.61. The van der Waals surface area contributed by atoms with Crippen LogP contribution in [0.4, 0.5) is 10.1 Å². The van der Waals surface area contributed by atoms with Gasteiger partial charge in [0, 0.05) is 34.8 Å². The number of Topliss-reactive ketones (excluding diaryl/α,β-unsaturated/α-hetero) is 1. The Bertz CT molecular complexity index is 1420. The van der Waals surface area contributed by atoms with Gasteiger partial charge in [0.25, 0.3) is 11.2 Å². The zero-order valence-corrected chi connectivity index (χ0v) is 16.7. The second kappa shape index (κ2) is 7.60. The van der Waals surface area contributed by atoms with Crippen LogP contribution in [-0.2, 0) is 6.54 Å². The Kier molecular flexibility index (Phi) is 4.94. The zero-order valence-electron chi connectivity index (χ0n) is 16.7. The summed E-state index contributed by atoms with van der Waals surface area (Å²) in [6.07, 6.45) is 1.25. The van der Waals surface area contributed by atoms with Crippen molar-refractivity contribution in [2.75, 3.05) is 0 Å². The van der Waals surface area contributed by atoms with E-state index >= 15 is 0 Å². The third-order valence-corrected chi connectivity index (χ3v) is 5.13. The molecule has 2 aromatic carbocycles. The summed E-state index contributed by atoms with van der Waals surface area (Å²) in [7, 11) is 0. The van der Waals surface area contributed by atoms with Crippen LogP contribution >= 0.6 is 0 Å². The Labute approximate surface area is 175 Å². The summed E-state index contributed by atoms with van der Waals surface area (Å²) < 4.78 is 16.5. The SMILES string of the molecule is Cc1cc(C(=O)Cn2cnc3ccc([N+](=O)[O-])cc3c2=O)c(C)n1-c1cccc(F)c1. The molecule has 0 radical (unpaired) electrons. The first-order valence-corrected chi connectivity index (χ1v) is 9.38. The number of nitrogens with zero attached hydrogens (tertiary/aromatic N) is 4. The predicted octanol–water partition coefficient (Wildman–Crippen LogP) is 3.73. The number of rotatable bonds is 5. The summed E-state index contributed by atoms with van der Waals surface area (Å²) in [5.74, 6) is -0.717. The average Bonchev–Trinajstić information content (AvgIpc) is 3.04. The number of halogens is 1. The van der Waals surface area contributed by atoms with Crippen LogP contribution in [0.3, 0.4) is 0 Å². The van der Waals surface area contributed by atoms with E-state index < -0.39 is 10.5 Å². The highest BCUT2D eigenvalue weighted by atomic mass is 19.1. The molecule has 0 amide bonds. The minimum Gasteiger partial charge on any atom is -0.318 e. The van der Waals surface area contributed by atoms with Crippen molar-refractivity contribution in [1.82, 2.24) is 14.1 Å². The summed E-state index contributed by atoms with van der Waals surface area (Å²) in [5, 5.41) is 11.1. The van der Waals surface area contributed by atoms with Crippen molar-refractivity contribution in [3.8, 4) is 5.69 Å². The largest absolute Gasteiger partial charge is 0.318 e. The van der Waals surface area contributed by atoms with Crippen LogP contribution in [0.15, 0.2) is 59.7 Å². The van der Waals surface area contributed by atoms with Crippen molar-refractivity contribution in [2.24, 2.45) is 0 Å². The van der Waals surface area contributed by atoms with Crippen LogP contribution in [0.25, 0.3) is 16.6 Å². The molecule has 4 rings (SSSR count). The highest BCUT2D eigenvalue weighted by Crippen LogP contribution is 2.22. The number of hydrogen-bond donors (Lipinski definition) is 0. The molecule has 156 valence electrons. The van der Waals surface area contributed by atoms with Crippen LogP contribution in [-0.4, -0.2) is 24.8 Å². The quantitative estimate of drug-likeness (QED) is 0.278. The van der Waals surface area contributed by atoms with E-state index in [0.717, 1.165) is 16.3 Å². The number of fused-ring (bicyclic) bond motifs is 1. The number of aryl methyl sites for hydroxylation is 1. The normalized spacial score (nSPS) is 11.1. The lowest BCUT2D eigenvalue weighted by atomic mass is 10.1. The molecular weight excluding hydrogens is 403 g/mol. The van der Waals surface area contributed by atoms with Crippen molar-refractivity contribution in [1.29, 1.82) is 0 Å². The number of nitro benzene ring substituents is 1. The Morgan fingerprint density at radius 3 is 2.65 bits per heavy atom. The fourth-order valence-corrected chi connectivity index (χ4v) is 3.67. The van der Waals surface area contributed by atoms with E-state index in [-0.39, 0.29) is 29.2 Å². The minimum absolute atomic E-state index is 0.0646. The number of carbonyl (C=O) groups is 1. The molecule has 31 heavy (non-hydrogen) atoms. The molecule has 0 bridgehead atoms. The zero-order chi connectivity index (χ0) is 22.3. The maximum atomic E-state index is 13.7. The average molecular weight is 420 g/mol. The first-order chi connectivity index (χ1) is 14.8. The molecule has 2 aromatic heterocycles. The number of non-ortho nitro benzene ring substituents is 1. The molecule has 0 aliphatic rings. The maximum absolute atomic E-state index is 13.7. The second-order valence-electron chi connectivity index (χ2n) is 7.16. The molecule has 0 saturated heterocycles. The van der Waals surface area contributed by atoms with Crippen molar-refractivity contribution in [2.45, 2.75) is 20.4 Å². The van der Waals surface area contributed by atoms with Crippen molar-refractivity contribution in [3.63, 3.8) is 0 Å². The fourth-order valence-electron chi connectivity index (χ4n) is 3.67. The summed E-state index contributed by atoms with van der Waals surface area (Å²) in [6, 6.07) is 11.5. The van der Waals surface area contributed by atoms with Gasteiger partial charge in [0.05, 0.1) is 28.7 Å². The summed E-state index contributed by atoms with van der Waals surface area (Å²) in [6.45, 7) is 3.27. The molecular formula is C22H17FN4O4. The molecule has 2 heterocycles. The molecule has 0 saturated carbocycles. The van der Waals surface area contributed by atoms with Gasteiger partial charge >= 0.3 is 0 Å². The van der Waals surface area contributed by atoms with Crippen molar-refractivity contribution in [3.05, 3.63) is 98.1 Å². The molecule has 0 atom stereocenters. The minimum atomic E-state index is -0.595. The molecule has 4 aromatic rings. The van der Waals surface area contributed by atoms with Gasteiger partial charge in [-0.1, -0.05) is 6.07 Å². The van der Waals surface area contributed by atoms with Crippen LogP contribution < -0.4 is 5.56 Å². The lowest BCUT2D eigenvalue weighted by Gasteiger charge is -2.10. The van der Waals surface area contributed by atoms with Gasteiger partial charge in [-0.25, -0.2) is 9.37 Å². The molecule has 0 fully saturated rings. The lowest BCUT2D eigenvalue weighted by Crippen LogP contribution is -2.25. The van der Waals surface area contributed by atoms with Gasteiger partial charge in [-0.05, 0) is 44.2 Å². The monoisotopic (exact) mass is 420 g/mol. The summed E-state index contributed by atoms with van der Waals surface area (Å²) in [4.78, 5) is 40.3. The Morgan fingerprint density at radius 1 is 1.16 bits per heavy atom. The number of nitro groups is 1. The van der Waals surface area contributed by atoms with Gasteiger partial charge in [0.2, 0.25) is 0 Å². The van der Waals surface area contributed by atoms with E-state index in [0.29, 0.717) is 22.5 Å². The van der Waals surface area contributed by atoms with E-state index in [1.54, 1.807) is 36.6 Å². The molecule has 0 spiro atoms. The molecule has 0 aliphatic heterocycles. The second-order valence-corrected chi connectivity index (χ2v) is 7.16. The van der Waals surface area contributed by atoms with Crippen LogP contribution in [0.5, 0.6) is 0 Å². The van der Waals surface area contributed by atoms with Crippen molar-refractivity contribution < 1.29 is 14.1 Å². The van der Waals surface area contributed by atoms with Crippen LogP contribution in [0.2, 0.25) is 0 Å². The summed E-state index contributed by atoms with van der Waals surface area (Å²) >= 11 is 0. The van der Waals surface area contributed by atoms with Gasteiger partial charge in [-0.2, -0.15) is 0 Å². The number of hydrogen-bond acceptors (Lipinski definition) is 5. The Balaban J connectivity index is 1.71. The van der Waals surface area contributed by atoms with E-state index in [9.17, 15) is 24.1 Å². The molecule has 9 heteroatoms. The highest BCUT2D eigenvalue weighted by Gasteiger charge is 2.19. The van der Waals surface area contributed by atoms with E-state index in [1.165, 1.54) is 30.6 Å². The molecule has 0 N–H and O–H groups in total. The highest BCUT2D eigenvalue weighted by molar-refractivity contribution is 5.97. The standard InChI is InChI=1S/C22H17FN4O4/c1-13-8-18(14(2)26(13)16-5-3-4-15(23)9-16)21(28)11-25-12-24-20-7-6-17(27(30)31)10-19(20)22(25)29/h3-10,12H,11H2,1-2H3. The van der Waals surface area contributed by atoms with Crippen LogP contribution in [0, 0.1) is 29.8 Å². The molecule has 8 nitrogen and oxygen atoms in total. The first kappa shape index (κ1) is 20.1. The van der Waals surface area contributed by atoms with Crippen molar-refractivity contribution >= 4 is 22.4 Å². The van der Waals surface area contributed by atoms with Crippen LogP contribution in [0.1, 0.15) is 21.7 Å². The lowest BCUT2D eigenvalue weighted by molar-refractivity contribution is -0.384. The van der Waals surface area contributed by atoms with Gasteiger partial charge in [-0.3, -0.25) is 24.3 Å². The maximum Gasteiger partial charge on any atom is 0.270 e. The topological polar surface area (TPSA) is 100 Å². The molecule has 0 aliphatic carbocycles. The third-order valence-electron chi connectivity index (χ3n) is 5.13. The number of benzene rings is 2. The van der Waals surface area contributed by atoms with Gasteiger partial charge in [-0.15, -0.1) is 0 Å². The smallest absolute Gasteiger partial charge is 0.270 e. The van der Waals surface area contributed by atoms with E-state index in [1.807, 2.05) is 0 Å². The Morgan fingerprint density at radius 2 is 1.94 bits per heavy atom. The van der Waals surface area contributed by atoms with Gasteiger partial charge in [0.1, 0.15) is 5.82 Å². The number of carbonyl (C=O) groups excluding carboxylic acids is 1.